The minimum absolute atomic E-state index is 0.160. The minimum Gasteiger partial charge on any atom is -0.505 e. The predicted octanol–water partition coefficient (Wildman–Crippen LogP) is 1.43. The van der Waals surface area contributed by atoms with Crippen LogP contribution in [0, 0.1) is 5.82 Å². The Labute approximate surface area is 129 Å². The number of carbonyl (C=O) groups is 1. The molecule has 2 heterocycles. The summed E-state index contributed by atoms with van der Waals surface area (Å²) in [7, 11) is 0. The average Bonchev–Trinajstić information content (AvgIpc) is 3.18. The van der Waals surface area contributed by atoms with Crippen molar-refractivity contribution in [3.63, 3.8) is 0 Å². The Balaban J connectivity index is 1.75. The molecular weight excluding hydrogens is 303 g/mol. The van der Waals surface area contributed by atoms with E-state index in [0.29, 0.717) is 12.1 Å². The van der Waals surface area contributed by atoms with Gasteiger partial charge in [-0.3, -0.25) is 9.89 Å². The molecule has 0 amide bonds. The van der Waals surface area contributed by atoms with Gasteiger partial charge in [-0.05, 0) is 29.0 Å². The fraction of sp³-hybridized carbons (Fsp3) is 0.0714. The van der Waals surface area contributed by atoms with Crippen molar-refractivity contribution in [2.45, 2.75) is 6.42 Å². The highest BCUT2D eigenvalue weighted by molar-refractivity contribution is 6.04. The molecule has 0 fully saturated rings. The topological polar surface area (TPSA) is 120 Å². The van der Waals surface area contributed by atoms with Crippen molar-refractivity contribution >= 4 is 11.5 Å². The highest BCUT2D eigenvalue weighted by Crippen LogP contribution is 2.14. The summed E-state index contributed by atoms with van der Waals surface area (Å²) in [6.45, 7) is 0. The number of halogens is 1. The highest BCUT2D eigenvalue weighted by atomic mass is 19.1. The first-order valence-electron chi connectivity index (χ1n) is 6.59. The van der Waals surface area contributed by atoms with Crippen LogP contribution in [0.2, 0.25) is 0 Å². The Bertz CT molecular complexity index is 856. The van der Waals surface area contributed by atoms with Crippen molar-refractivity contribution < 1.29 is 14.3 Å². The molecule has 23 heavy (non-hydrogen) atoms. The average molecular weight is 314 g/mol. The fourth-order valence-electron chi connectivity index (χ4n) is 1.98. The monoisotopic (exact) mass is 314 g/mol. The smallest absolute Gasteiger partial charge is 0.244 e. The third-order valence-electron chi connectivity index (χ3n) is 3.01. The molecule has 3 rings (SSSR count). The molecule has 0 aliphatic carbocycles. The number of nitrogens with zero attached hydrogens (tertiary/aromatic N) is 4. The van der Waals surface area contributed by atoms with Gasteiger partial charge in [0, 0.05) is 18.2 Å². The summed E-state index contributed by atoms with van der Waals surface area (Å²) in [6, 6.07) is 7.73. The molecule has 0 unspecified atom stereocenters. The van der Waals surface area contributed by atoms with E-state index in [1.54, 1.807) is 18.2 Å². The molecule has 0 saturated heterocycles. The van der Waals surface area contributed by atoms with Crippen LogP contribution in [0.1, 0.15) is 27.6 Å². The number of allylic oxidation sites excluding steroid dienone is 1. The number of ketones is 1. The molecule has 0 radical (unpaired) electrons. The molecule has 8 nitrogen and oxygen atoms in total. The van der Waals surface area contributed by atoms with Crippen molar-refractivity contribution in [1.29, 1.82) is 0 Å². The van der Waals surface area contributed by atoms with Gasteiger partial charge in [-0.2, -0.15) is 10.3 Å². The largest absolute Gasteiger partial charge is 0.505 e. The molecule has 0 saturated carbocycles. The molecule has 116 valence electrons. The van der Waals surface area contributed by atoms with Gasteiger partial charge in [-0.15, -0.1) is 10.2 Å². The van der Waals surface area contributed by atoms with Crippen LogP contribution in [0.3, 0.4) is 0 Å². The third-order valence-corrected chi connectivity index (χ3v) is 3.01. The van der Waals surface area contributed by atoms with Crippen molar-refractivity contribution in [3.8, 4) is 0 Å². The summed E-state index contributed by atoms with van der Waals surface area (Å²) in [5, 5.41) is 29.0. The number of carbonyl (C=O) groups excluding carboxylic acids is 1. The predicted molar refractivity (Wildman–Crippen MR) is 76.9 cm³/mol. The second kappa shape index (κ2) is 6.18. The standard InChI is InChI=1S/C14H11FN6O2/c15-9-3-1-2-8(4-9)5-10-6-11(17-16-10)12(22)7-13(23)14-18-20-21-19-14/h1-4,6-7,22H,5H2,(H,16,17)(H,18,19,20,21). The molecule has 0 bridgehead atoms. The van der Waals surface area contributed by atoms with Gasteiger partial charge in [-0.1, -0.05) is 12.1 Å². The Morgan fingerprint density at radius 3 is 2.91 bits per heavy atom. The van der Waals surface area contributed by atoms with Crippen molar-refractivity contribution in [2.75, 3.05) is 0 Å². The first-order chi connectivity index (χ1) is 11.1. The SMILES string of the molecule is O=C(C=C(O)c1cc(Cc2cccc(F)c2)[nH]n1)c1nn[nH]n1. The summed E-state index contributed by atoms with van der Waals surface area (Å²) in [5.41, 5.74) is 1.61. The zero-order chi connectivity index (χ0) is 16.2. The normalized spacial score (nSPS) is 11.6. The van der Waals surface area contributed by atoms with Crippen LogP contribution in [-0.2, 0) is 6.42 Å². The molecular formula is C14H11FN6O2. The number of benzene rings is 1. The second-order valence-corrected chi connectivity index (χ2v) is 4.71. The number of rotatable bonds is 5. The van der Waals surface area contributed by atoms with E-state index in [1.165, 1.54) is 12.1 Å². The van der Waals surface area contributed by atoms with Gasteiger partial charge in [0.2, 0.25) is 11.6 Å². The summed E-state index contributed by atoms with van der Waals surface area (Å²) in [6.07, 6.45) is 1.36. The van der Waals surface area contributed by atoms with Gasteiger partial charge in [0.1, 0.15) is 17.3 Å². The van der Waals surface area contributed by atoms with E-state index in [9.17, 15) is 14.3 Å². The molecule has 0 aliphatic heterocycles. The Morgan fingerprint density at radius 2 is 2.17 bits per heavy atom. The van der Waals surface area contributed by atoms with E-state index in [0.717, 1.165) is 11.6 Å². The number of hydrogen-bond acceptors (Lipinski definition) is 6. The molecule has 3 aromatic rings. The number of nitrogens with one attached hydrogen (secondary N) is 2. The second-order valence-electron chi connectivity index (χ2n) is 4.71. The lowest BCUT2D eigenvalue weighted by atomic mass is 10.1. The van der Waals surface area contributed by atoms with Crippen LogP contribution in [0.4, 0.5) is 4.39 Å². The summed E-state index contributed by atoms with van der Waals surface area (Å²) >= 11 is 0. The molecule has 0 aliphatic rings. The zero-order valence-electron chi connectivity index (χ0n) is 11.7. The van der Waals surface area contributed by atoms with E-state index in [1.807, 2.05) is 0 Å². The van der Waals surface area contributed by atoms with E-state index >= 15 is 0 Å². The van der Waals surface area contributed by atoms with Crippen LogP contribution < -0.4 is 0 Å². The minimum atomic E-state index is -0.606. The summed E-state index contributed by atoms with van der Waals surface area (Å²) in [5.74, 6) is -1.42. The number of hydrogen-bond donors (Lipinski definition) is 3. The Kier molecular flexibility index (Phi) is 3.91. The molecule has 0 spiro atoms. The molecule has 2 aromatic heterocycles. The maximum atomic E-state index is 13.1. The number of tetrazole rings is 1. The molecule has 0 atom stereocenters. The number of aromatic nitrogens is 6. The maximum Gasteiger partial charge on any atom is 0.244 e. The number of aliphatic hydroxyl groups is 1. The lowest BCUT2D eigenvalue weighted by Gasteiger charge is -1.98. The van der Waals surface area contributed by atoms with Crippen LogP contribution in [0.5, 0.6) is 0 Å². The lowest BCUT2D eigenvalue weighted by Crippen LogP contribution is -1.99. The van der Waals surface area contributed by atoms with Gasteiger partial charge in [0.15, 0.2) is 0 Å². The van der Waals surface area contributed by atoms with Crippen LogP contribution in [0.15, 0.2) is 36.4 Å². The van der Waals surface area contributed by atoms with Crippen LogP contribution in [-0.4, -0.2) is 41.7 Å². The number of aliphatic hydroxyl groups excluding tert-OH is 1. The van der Waals surface area contributed by atoms with Crippen LogP contribution in [0.25, 0.3) is 5.76 Å². The third kappa shape index (κ3) is 3.46. The first-order valence-corrected chi connectivity index (χ1v) is 6.59. The van der Waals surface area contributed by atoms with Crippen molar-refractivity contribution in [1.82, 2.24) is 30.8 Å². The fourth-order valence-corrected chi connectivity index (χ4v) is 1.98. The quantitative estimate of drug-likeness (QED) is 0.372. The van der Waals surface area contributed by atoms with Gasteiger partial charge in [0.25, 0.3) is 0 Å². The first kappa shape index (κ1) is 14.6. The molecule has 1 aromatic carbocycles. The van der Waals surface area contributed by atoms with Crippen molar-refractivity contribution in [2.24, 2.45) is 0 Å². The van der Waals surface area contributed by atoms with E-state index < -0.39 is 5.78 Å². The molecule has 9 heteroatoms. The van der Waals surface area contributed by atoms with Gasteiger partial charge >= 0.3 is 0 Å². The lowest BCUT2D eigenvalue weighted by molar-refractivity contribution is 0.103. The maximum absolute atomic E-state index is 13.1. The van der Waals surface area contributed by atoms with Crippen molar-refractivity contribution in [3.05, 3.63) is 65.0 Å². The van der Waals surface area contributed by atoms with E-state index in [2.05, 4.69) is 30.8 Å². The molecule has 3 N–H and O–H groups in total. The van der Waals surface area contributed by atoms with Crippen LogP contribution >= 0.6 is 0 Å². The Hall–Kier alpha value is -3.36. The number of H-pyrrole nitrogens is 2. The zero-order valence-corrected chi connectivity index (χ0v) is 11.7. The van der Waals surface area contributed by atoms with Gasteiger partial charge in [-0.25, -0.2) is 4.39 Å². The highest BCUT2D eigenvalue weighted by Gasteiger charge is 2.12. The van der Waals surface area contributed by atoms with Gasteiger partial charge < -0.3 is 5.11 Å². The van der Waals surface area contributed by atoms with Gasteiger partial charge in [0.05, 0.1) is 0 Å². The summed E-state index contributed by atoms with van der Waals surface area (Å²) in [4.78, 5) is 11.7. The van der Waals surface area contributed by atoms with E-state index in [4.69, 9.17) is 0 Å². The summed E-state index contributed by atoms with van der Waals surface area (Å²) < 4.78 is 13.1. The number of aromatic amines is 2. The Morgan fingerprint density at radius 1 is 1.30 bits per heavy atom. The van der Waals surface area contributed by atoms with E-state index in [-0.39, 0.29) is 23.1 Å².